The lowest BCUT2D eigenvalue weighted by Crippen LogP contribution is -2.27. The van der Waals surface area contributed by atoms with Crippen LogP contribution in [0.5, 0.6) is 5.75 Å². The second kappa shape index (κ2) is 7.37. The molecule has 26 heavy (non-hydrogen) atoms. The molecule has 2 aliphatic heterocycles. The maximum atomic E-state index is 5.83. The van der Waals surface area contributed by atoms with E-state index in [9.17, 15) is 0 Å². The quantitative estimate of drug-likeness (QED) is 0.843. The van der Waals surface area contributed by atoms with Gasteiger partial charge in [0.05, 0.1) is 7.11 Å². The predicted octanol–water partition coefficient (Wildman–Crippen LogP) is 2.81. The molecule has 1 saturated heterocycles. The van der Waals surface area contributed by atoms with Crippen molar-refractivity contribution < 1.29 is 9.47 Å². The molecule has 0 spiro atoms. The fraction of sp³-hybridized carbons (Fsp3) is 0.600. The highest BCUT2D eigenvalue weighted by atomic mass is 16.5. The highest BCUT2D eigenvalue weighted by molar-refractivity contribution is 5.41. The van der Waals surface area contributed by atoms with E-state index >= 15 is 0 Å². The summed E-state index contributed by atoms with van der Waals surface area (Å²) in [5, 5.41) is 8.88. The average molecular weight is 356 g/mol. The average Bonchev–Trinajstić information content (AvgIpc) is 3.25. The monoisotopic (exact) mass is 356 g/mol. The van der Waals surface area contributed by atoms with Crippen LogP contribution in [0.25, 0.3) is 0 Å². The Morgan fingerprint density at radius 2 is 2.04 bits per heavy atom. The molecule has 0 unspecified atom stereocenters. The Balaban J connectivity index is 1.47. The van der Waals surface area contributed by atoms with Gasteiger partial charge in [0.15, 0.2) is 5.82 Å². The van der Waals surface area contributed by atoms with Crippen molar-refractivity contribution in [2.75, 3.05) is 26.8 Å². The Morgan fingerprint density at radius 3 is 2.81 bits per heavy atom. The normalized spacial score (nSPS) is 20.8. The second-order valence-corrected chi connectivity index (χ2v) is 7.40. The van der Waals surface area contributed by atoms with E-state index in [2.05, 4.69) is 45.6 Å². The first-order chi connectivity index (χ1) is 12.7. The van der Waals surface area contributed by atoms with E-state index in [4.69, 9.17) is 9.47 Å². The number of ether oxygens (including phenoxy) is 2. The van der Waals surface area contributed by atoms with E-state index in [0.717, 1.165) is 69.4 Å². The Hall–Kier alpha value is -1.92. The summed E-state index contributed by atoms with van der Waals surface area (Å²) in [5.41, 5.74) is 3.86. The minimum Gasteiger partial charge on any atom is -0.496 e. The van der Waals surface area contributed by atoms with Gasteiger partial charge >= 0.3 is 0 Å². The number of hydrogen-bond donors (Lipinski definition) is 0. The van der Waals surface area contributed by atoms with Crippen LogP contribution in [-0.4, -0.2) is 46.5 Å². The van der Waals surface area contributed by atoms with Crippen LogP contribution in [0.3, 0.4) is 0 Å². The number of benzene rings is 1. The smallest absolute Gasteiger partial charge is 0.162 e. The topological polar surface area (TPSA) is 52.4 Å². The Labute approximate surface area is 155 Å². The summed E-state index contributed by atoms with van der Waals surface area (Å²) in [4.78, 5) is 2.52. The highest BCUT2D eigenvalue weighted by Gasteiger charge is 2.27. The van der Waals surface area contributed by atoms with Gasteiger partial charge in [0.25, 0.3) is 0 Å². The molecule has 4 rings (SSSR count). The molecule has 1 fully saturated rings. The molecule has 6 nitrogen and oxygen atoms in total. The van der Waals surface area contributed by atoms with Crippen LogP contribution in [0, 0.1) is 13.8 Å². The molecule has 6 heteroatoms. The maximum absolute atomic E-state index is 5.83. The summed E-state index contributed by atoms with van der Waals surface area (Å²) in [6.07, 6.45) is 3.25. The van der Waals surface area contributed by atoms with Gasteiger partial charge in [-0.25, -0.2) is 0 Å². The molecule has 0 bridgehead atoms. The Bertz CT molecular complexity index is 780. The lowest BCUT2D eigenvalue weighted by Gasteiger charge is -2.22. The van der Waals surface area contributed by atoms with Crippen LogP contribution < -0.4 is 4.74 Å². The summed E-state index contributed by atoms with van der Waals surface area (Å²) >= 11 is 0. The summed E-state index contributed by atoms with van der Waals surface area (Å²) in [6.45, 7) is 9.04. The molecule has 2 aliphatic rings. The van der Waals surface area contributed by atoms with Gasteiger partial charge < -0.3 is 14.0 Å². The van der Waals surface area contributed by atoms with Crippen molar-refractivity contribution >= 4 is 0 Å². The minimum atomic E-state index is 0.134. The summed E-state index contributed by atoms with van der Waals surface area (Å²) in [6, 6.07) is 4.41. The van der Waals surface area contributed by atoms with E-state index in [0.29, 0.717) is 0 Å². The van der Waals surface area contributed by atoms with Crippen molar-refractivity contribution in [2.24, 2.45) is 0 Å². The van der Waals surface area contributed by atoms with Gasteiger partial charge in [-0.2, -0.15) is 0 Å². The fourth-order valence-electron chi connectivity index (χ4n) is 4.05. The van der Waals surface area contributed by atoms with Gasteiger partial charge in [0.2, 0.25) is 0 Å². The maximum Gasteiger partial charge on any atom is 0.162 e. The molecule has 0 aliphatic carbocycles. The Morgan fingerprint density at radius 1 is 1.15 bits per heavy atom. The van der Waals surface area contributed by atoms with E-state index in [1.165, 1.54) is 16.7 Å². The number of fused-ring (bicyclic) bond motifs is 1. The van der Waals surface area contributed by atoms with Crippen molar-refractivity contribution in [1.29, 1.82) is 0 Å². The summed E-state index contributed by atoms with van der Waals surface area (Å²) < 4.78 is 13.6. The first kappa shape index (κ1) is 17.5. The van der Waals surface area contributed by atoms with Gasteiger partial charge in [0.1, 0.15) is 17.7 Å². The molecule has 1 aromatic carbocycles. The van der Waals surface area contributed by atoms with E-state index in [1.807, 2.05) is 0 Å². The predicted molar refractivity (Wildman–Crippen MR) is 99.4 cm³/mol. The van der Waals surface area contributed by atoms with Crippen LogP contribution in [0.1, 0.15) is 47.3 Å². The first-order valence-electron chi connectivity index (χ1n) is 9.55. The van der Waals surface area contributed by atoms with Crippen molar-refractivity contribution in [3.05, 3.63) is 40.5 Å². The third-order valence-corrected chi connectivity index (χ3v) is 5.61. The molecule has 2 aromatic rings. The molecule has 140 valence electrons. The lowest BCUT2D eigenvalue weighted by molar-refractivity contribution is 0.101. The molecule has 1 aromatic heterocycles. The fourth-order valence-corrected chi connectivity index (χ4v) is 4.05. The Kier molecular flexibility index (Phi) is 4.96. The molecule has 0 saturated carbocycles. The van der Waals surface area contributed by atoms with Crippen molar-refractivity contribution in [3.8, 4) is 5.75 Å². The molecule has 0 radical (unpaired) electrons. The van der Waals surface area contributed by atoms with Gasteiger partial charge in [-0.1, -0.05) is 6.07 Å². The summed E-state index contributed by atoms with van der Waals surface area (Å²) in [5.74, 6) is 3.09. The van der Waals surface area contributed by atoms with Crippen LogP contribution >= 0.6 is 0 Å². The highest BCUT2D eigenvalue weighted by Crippen LogP contribution is 2.29. The lowest BCUT2D eigenvalue weighted by atomic mass is 10.0. The van der Waals surface area contributed by atoms with Gasteiger partial charge in [-0.05, 0) is 49.4 Å². The van der Waals surface area contributed by atoms with Crippen molar-refractivity contribution in [3.63, 3.8) is 0 Å². The molecule has 0 N–H and O–H groups in total. The van der Waals surface area contributed by atoms with E-state index in [1.54, 1.807) is 7.11 Å². The number of aryl methyl sites for hydroxylation is 2. The molecule has 0 amide bonds. The van der Waals surface area contributed by atoms with Crippen molar-refractivity contribution in [1.82, 2.24) is 19.7 Å². The first-order valence-corrected chi connectivity index (χ1v) is 9.55. The van der Waals surface area contributed by atoms with Crippen LogP contribution in [-0.2, 0) is 24.2 Å². The van der Waals surface area contributed by atoms with Crippen molar-refractivity contribution in [2.45, 2.75) is 52.3 Å². The number of nitrogens with zero attached hydrogens (tertiary/aromatic N) is 4. The zero-order valence-electron chi connectivity index (χ0n) is 16.0. The minimum absolute atomic E-state index is 0.134. The number of hydrogen-bond acceptors (Lipinski definition) is 5. The third-order valence-electron chi connectivity index (χ3n) is 5.61. The van der Waals surface area contributed by atoms with Crippen LogP contribution in [0.4, 0.5) is 0 Å². The number of aromatic nitrogens is 3. The molecular formula is C20H28N4O2. The van der Waals surface area contributed by atoms with Crippen LogP contribution in [0.2, 0.25) is 0 Å². The van der Waals surface area contributed by atoms with E-state index < -0.39 is 0 Å². The molecular weight excluding hydrogens is 328 g/mol. The van der Waals surface area contributed by atoms with Crippen LogP contribution in [0.15, 0.2) is 12.1 Å². The molecule has 3 heterocycles. The van der Waals surface area contributed by atoms with Gasteiger partial charge in [0, 0.05) is 39.2 Å². The zero-order valence-corrected chi connectivity index (χ0v) is 16.0. The largest absolute Gasteiger partial charge is 0.496 e. The SMILES string of the molecule is COc1cc(C)c(CN2CCc3nnc([C@@H]4CCCO4)n3CC2)cc1C. The second-order valence-electron chi connectivity index (χ2n) is 7.40. The molecule has 1 atom stereocenters. The summed E-state index contributed by atoms with van der Waals surface area (Å²) in [7, 11) is 1.73. The van der Waals surface area contributed by atoms with E-state index in [-0.39, 0.29) is 6.10 Å². The van der Waals surface area contributed by atoms with Gasteiger partial charge in [-0.3, -0.25) is 4.90 Å². The number of rotatable bonds is 4. The number of methoxy groups -OCH3 is 1. The van der Waals surface area contributed by atoms with Gasteiger partial charge in [-0.15, -0.1) is 10.2 Å². The third kappa shape index (κ3) is 3.35. The standard InChI is InChI=1S/C20H28N4O2/c1-14-12-18(25-3)15(2)11-16(14)13-23-7-6-19-21-22-20(24(19)9-8-23)17-5-4-10-26-17/h11-12,17H,4-10,13H2,1-3H3/t17-/m0/s1. The zero-order chi connectivity index (χ0) is 18.1.